The van der Waals surface area contributed by atoms with Crippen LogP contribution in [0, 0.1) is 15.9 Å². The van der Waals surface area contributed by atoms with Crippen LogP contribution in [0.3, 0.4) is 0 Å². The number of hydrogen-bond acceptors (Lipinski definition) is 5. The zero-order valence-corrected chi connectivity index (χ0v) is 13.2. The first-order valence-electron chi connectivity index (χ1n) is 7.30. The summed E-state index contributed by atoms with van der Waals surface area (Å²) in [4.78, 5) is 22.6. The molecule has 0 bridgehead atoms. The largest absolute Gasteiger partial charge is 0.494 e. The van der Waals surface area contributed by atoms with Crippen molar-refractivity contribution in [2.75, 3.05) is 6.61 Å². The van der Waals surface area contributed by atoms with Gasteiger partial charge >= 0.3 is 5.69 Å². The molecular formula is C17H16FNO5. The van der Waals surface area contributed by atoms with Gasteiger partial charge in [0.15, 0.2) is 6.10 Å². The van der Waals surface area contributed by atoms with E-state index in [1.165, 1.54) is 6.92 Å². The zero-order valence-electron chi connectivity index (χ0n) is 13.2. The number of ketones is 1. The minimum Gasteiger partial charge on any atom is -0.494 e. The highest BCUT2D eigenvalue weighted by atomic mass is 19.1. The van der Waals surface area contributed by atoms with Crippen LogP contribution in [0.1, 0.15) is 24.2 Å². The molecule has 0 unspecified atom stereocenters. The Balaban J connectivity index is 2.17. The molecule has 2 rings (SSSR count). The zero-order chi connectivity index (χ0) is 17.7. The molecule has 0 aliphatic carbocycles. The number of nitro benzene ring substituents is 1. The third kappa shape index (κ3) is 4.07. The number of nitrogens with zero attached hydrogens (tertiary/aromatic N) is 1. The van der Waals surface area contributed by atoms with Gasteiger partial charge in [0.2, 0.25) is 11.5 Å². The van der Waals surface area contributed by atoms with E-state index in [0.29, 0.717) is 17.9 Å². The van der Waals surface area contributed by atoms with Gasteiger partial charge in [-0.2, -0.15) is 0 Å². The summed E-state index contributed by atoms with van der Waals surface area (Å²) < 4.78 is 23.9. The predicted molar refractivity (Wildman–Crippen MR) is 85.1 cm³/mol. The van der Waals surface area contributed by atoms with E-state index in [0.717, 1.165) is 18.2 Å². The van der Waals surface area contributed by atoms with E-state index in [1.54, 1.807) is 24.3 Å². The van der Waals surface area contributed by atoms with Crippen molar-refractivity contribution in [3.8, 4) is 11.5 Å². The van der Waals surface area contributed by atoms with Crippen LogP contribution in [0.25, 0.3) is 0 Å². The molecule has 0 heterocycles. The van der Waals surface area contributed by atoms with Gasteiger partial charge in [-0.3, -0.25) is 14.9 Å². The second-order valence-corrected chi connectivity index (χ2v) is 4.95. The molecule has 24 heavy (non-hydrogen) atoms. The highest BCUT2D eigenvalue weighted by Gasteiger charge is 2.22. The molecule has 0 N–H and O–H groups in total. The van der Waals surface area contributed by atoms with E-state index in [2.05, 4.69) is 0 Å². The number of rotatable bonds is 7. The van der Waals surface area contributed by atoms with E-state index in [-0.39, 0.29) is 11.5 Å². The standard InChI is InChI=1S/C17H16FNO5/c1-3-23-14-7-4-12(5-8-14)17(20)11(2)24-16-10-13(18)6-9-15(16)19(21)22/h4-11H,3H2,1-2H3/t11-/m1/s1. The fraction of sp³-hybridized carbons (Fsp3) is 0.235. The van der Waals surface area contributed by atoms with E-state index in [4.69, 9.17) is 9.47 Å². The third-order valence-electron chi connectivity index (χ3n) is 3.24. The maximum Gasteiger partial charge on any atom is 0.311 e. The van der Waals surface area contributed by atoms with Gasteiger partial charge in [-0.25, -0.2) is 4.39 Å². The van der Waals surface area contributed by atoms with Gasteiger partial charge in [0, 0.05) is 17.7 Å². The molecule has 0 radical (unpaired) electrons. The molecule has 7 heteroatoms. The lowest BCUT2D eigenvalue weighted by Crippen LogP contribution is -2.24. The maximum absolute atomic E-state index is 13.3. The molecule has 0 saturated heterocycles. The van der Waals surface area contributed by atoms with Gasteiger partial charge in [-0.05, 0) is 44.2 Å². The highest BCUT2D eigenvalue weighted by molar-refractivity contribution is 5.99. The lowest BCUT2D eigenvalue weighted by Gasteiger charge is -2.14. The van der Waals surface area contributed by atoms with Gasteiger partial charge in [-0.15, -0.1) is 0 Å². The van der Waals surface area contributed by atoms with Crippen molar-refractivity contribution in [2.24, 2.45) is 0 Å². The predicted octanol–water partition coefficient (Wildman–Crippen LogP) is 3.78. The van der Waals surface area contributed by atoms with Crippen LogP contribution in [0.15, 0.2) is 42.5 Å². The van der Waals surface area contributed by atoms with E-state index in [9.17, 15) is 19.3 Å². The number of hydrogen-bond donors (Lipinski definition) is 0. The van der Waals surface area contributed by atoms with Gasteiger partial charge < -0.3 is 9.47 Å². The number of carbonyl (C=O) groups is 1. The van der Waals surface area contributed by atoms with Crippen molar-refractivity contribution in [3.63, 3.8) is 0 Å². The fourth-order valence-corrected chi connectivity index (χ4v) is 2.09. The first-order chi connectivity index (χ1) is 11.4. The molecule has 0 spiro atoms. The van der Waals surface area contributed by atoms with Crippen LogP contribution < -0.4 is 9.47 Å². The average Bonchev–Trinajstić information content (AvgIpc) is 2.55. The second-order valence-electron chi connectivity index (χ2n) is 4.95. The monoisotopic (exact) mass is 333 g/mol. The minimum atomic E-state index is -1.01. The van der Waals surface area contributed by atoms with E-state index < -0.39 is 22.5 Å². The Hall–Kier alpha value is -2.96. The smallest absolute Gasteiger partial charge is 0.311 e. The summed E-state index contributed by atoms with van der Waals surface area (Å²) in [5.74, 6) is -0.719. The first kappa shape index (κ1) is 17.4. The van der Waals surface area contributed by atoms with Gasteiger partial charge in [0.1, 0.15) is 11.6 Å². The summed E-state index contributed by atoms with van der Waals surface area (Å²) in [6.45, 7) is 3.81. The number of Topliss-reactive ketones (excluding diaryl/α,β-unsaturated/α-hetero) is 1. The van der Waals surface area contributed by atoms with Gasteiger partial charge in [0.05, 0.1) is 11.5 Å². The Morgan fingerprint density at radius 2 is 1.92 bits per heavy atom. The highest BCUT2D eigenvalue weighted by Crippen LogP contribution is 2.29. The Morgan fingerprint density at radius 1 is 1.25 bits per heavy atom. The lowest BCUT2D eigenvalue weighted by atomic mass is 10.1. The SMILES string of the molecule is CCOc1ccc(C(=O)[C@@H](C)Oc2cc(F)ccc2[N+](=O)[O-])cc1. The summed E-state index contributed by atoms with van der Waals surface area (Å²) in [6.07, 6.45) is -1.01. The normalized spacial score (nSPS) is 11.6. The van der Waals surface area contributed by atoms with Crippen molar-refractivity contribution in [3.05, 3.63) is 64.0 Å². The number of nitro groups is 1. The molecule has 2 aromatic rings. The molecule has 0 saturated carbocycles. The quantitative estimate of drug-likeness (QED) is 0.438. The summed E-state index contributed by atoms with van der Waals surface area (Å²) >= 11 is 0. The second kappa shape index (κ2) is 7.54. The first-order valence-corrected chi connectivity index (χ1v) is 7.30. The molecule has 0 amide bonds. The van der Waals surface area contributed by atoms with Gasteiger partial charge in [0.25, 0.3) is 0 Å². The third-order valence-corrected chi connectivity index (χ3v) is 3.24. The Kier molecular flexibility index (Phi) is 5.47. The summed E-state index contributed by atoms with van der Waals surface area (Å²) in [5.41, 5.74) is -0.0345. The molecule has 0 aliphatic heterocycles. The van der Waals surface area contributed by atoms with Crippen LogP contribution in [-0.4, -0.2) is 23.4 Å². The fourth-order valence-electron chi connectivity index (χ4n) is 2.09. The molecular weight excluding hydrogens is 317 g/mol. The van der Waals surface area contributed by atoms with E-state index >= 15 is 0 Å². The van der Waals surface area contributed by atoms with Crippen molar-refractivity contribution in [1.82, 2.24) is 0 Å². The number of halogens is 1. The Morgan fingerprint density at radius 3 is 2.50 bits per heavy atom. The molecule has 0 aromatic heterocycles. The number of carbonyl (C=O) groups excluding carboxylic acids is 1. The summed E-state index contributed by atoms with van der Waals surface area (Å²) in [6, 6.07) is 9.30. The average molecular weight is 333 g/mol. The Bertz CT molecular complexity index is 745. The van der Waals surface area contributed by atoms with E-state index in [1.807, 2.05) is 6.92 Å². The minimum absolute atomic E-state index is 0.285. The number of benzene rings is 2. The number of ether oxygens (including phenoxy) is 2. The molecule has 1 atom stereocenters. The molecule has 2 aromatic carbocycles. The van der Waals surface area contributed by atoms with Crippen LogP contribution >= 0.6 is 0 Å². The topological polar surface area (TPSA) is 78.7 Å². The molecule has 6 nitrogen and oxygen atoms in total. The van der Waals surface area contributed by atoms with Crippen molar-refractivity contribution in [1.29, 1.82) is 0 Å². The van der Waals surface area contributed by atoms with Crippen LogP contribution in [0.5, 0.6) is 11.5 Å². The van der Waals surface area contributed by atoms with Crippen LogP contribution in [-0.2, 0) is 0 Å². The summed E-state index contributed by atoms with van der Waals surface area (Å²) in [5, 5.41) is 11.0. The summed E-state index contributed by atoms with van der Waals surface area (Å²) in [7, 11) is 0. The van der Waals surface area contributed by atoms with Crippen molar-refractivity contribution >= 4 is 11.5 Å². The lowest BCUT2D eigenvalue weighted by molar-refractivity contribution is -0.386. The maximum atomic E-state index is 13.3. The van der Waals surface area contributed by atoms with Crippen LogP contribution in [0.4, 0.5) is 10.1 Å². The molecule has 126 valence electrons. The van der Waals surface area contributed by atoms with Crippen LogP contribution in [0.2, 0.25) is 0 Å². The molecule has 0 fully saturated rings. The molecule has 0 aliphatic rings. The Labute approximate surface area is 138 Å². The van der Waals surface area contributed by atoms with Gasteiger partial charge in [-0.1, -0.05) is 0 Å². The van der Waals surface area contributed by atoms with Crippen molar-refractivity contribution < 1.29 is 23.6 Å². The van der Waals surface area contributed by atoms with Crippen molar-refractivity contribution in [2.45, 2.75) is 20.0 Å².